The molecule has 0 aromatic rings. The Bertz CT molecular complexity index is 158. The fraction of sp³-hybridized carbons (Fsp3) is 0.571. The van der Waals surface area contributed by atoms with E-state index in [1.807, 2.05) is 19.9 Å². The third kappa shape index (κ3) is 0.846. The Labute approximate surface area is 54.5 Å². The van der Waals surface area contributed by atoms with E-state index in [9.17, 15) is 4.79 Å². The van der Waals surface area contributed by atoms with Crippen molar-refractivity contribution < 1.29 is 9.53 Å². The molecule has 2 nitrogen and oxygen atoms in total. The Balaban J connectivity index is 2.58. The molecule has 50 valence electrons. The van der Waals surface area contributed by atoms with Crippen molar-refractivity contribution in [3.8, 4) is 0 Å². The fourth-order valence-corrected chi connectivity index (χ4v) is 0.944. The SMILES string of the molecule is C/C=C1\OC(=O)C1CC. The first kappa shape index (κ1) is 6.33. The Kier molecular flexibility index (Phi) is 1.56. The van der Waals surface area contributed by atoms with Gasteiger partial charge in [-0.3, -0.25) is 4.79 Å². The third-order valence-electron chi connectivity index (χ3n) is 1.54. The van der Waals surface area contributed by atoms with Gasteiger partial charge in [-0.15, -0.1) is 0 Å². The van der Waals surface area contributed by atoms with Crippen LogP contribution in [0, 0.1) is 5.92 Å². The van der Waals surface area contributed by atoms with Gasteiger partial charge < -0.3 is 4.74 Å². The van der Waals surface area contributed by atoms with E-state index < -0.39 is 0 Å². The van der Waals surface area contributed by atoms with E-state index in [1.165, 1.54) is 0 Å². The topological polar surface area (TPSA) is 26.3 Å². The summed E-state index contributed by atoms with van der Waals surface area (Å²) in [5.41, 5.74) is 0. The van der Waals surface area contributed by atoms with Gasteiger partial charge in [0.1, 0.15) is 11.7 Å². The van der Waals surface area contributed by atoms with Gasteiger partial charge >= 0.3 is 5.97 Å². The molecule has 0 amide bonds. The van der Waals surface area contributed by atoms with E-state index in [-0.39, 0.29) is 11.9 Å². The molecule has 1 atom stereocenters. The lowest BCUT2D eigenvalue weighted by Gasteiger charge is -2.26. The number of ether oxygens (including phenoxy) is 1. The molecule has 0 saturated carbocycles. The van der Waals surface area contributed by atoms with Gasteiger partial charge in [0.15, 0.2) is 0 Å². The molecule has 2 heteroatoms. The van der Waals surface area contributed by atoms with Crippen molar-refractivity contribution in [3.05, 3.63) is 11.8 Å². The summed E-state index contributed by atoms with van der Waals surface area (Å²) in [4.78, 5) is 10.6. The molecule has 0 radical (unpaired) electrons. The highest BCUT2D eigenvalue weighted by atomic mass is 16.6. The van der Waals surface area contributed by atoms with Crippen LogP contribution >= 0.6 is 0 Å². The standard InChI is InChI=1S/C7H10O2/c1-3-5-6(4-2)9-7(5)8/h4-5H,3H2,1-2H3/b6-4-. The van der Waals surface area contributed by atoms with Gasteiger partial charge in [-0.05, 0) is 19.4 Å². The van der Waals surface area contributed by atoms with Gasteiger partial charge in [0, 0.05) is 0 Å². The van der Waals surface area contributed by atoms with Crippen LogP contribution in [0.5, 0.6) is 0 Å². The maximum absolute atomic E-state index is 10.6. The zero-order valence-corrected chi connectivity index (χ0v) is 5.68. The molecular weight excluding hydrogens is 116 g/mol. The van der Waals surface area contributed by atoms with Crippen LogP contribution in [0.2, 0.25) is 0 Å². The molecule has 0 bridgehead atoms. The monoisotopic (exact) mass is 126 g/mol. The summed E-state index contributed by atoms with van der Waals surface area (Å²) in [5.74, 6) is 0.822. The highest BCUT2D eigenvalue weighted by Gasteiger charge is 2.34. The van der Waals surface area contributed by atoms with Gasteiger partial charge in [0.05, 0.1) is 0 Å². The van der Waals surface area contributed by atoms with Crippen molar-refractivity contribution in [1.29, 1.82) is 0 Å². The summed E-state index contributed by atoms with van der Waals surface area (Å²) in [6.45, 7) is 3.86. The maximum Gasteiger partial charge on any atom is 0.321 e. The third-order valence-corrected chi connectivity index (χ3v) is 1.54. The largest absolute Gasteiger partial charge is 0.430 e. The van der Waals surface area contributed by atoms with Gasteiger partial charge in [-0.25, -0.2) is 0 Å². The fourth-order valence-electron chi connectivity index (χ4n) is 0.944. The van der Waals surface area contributed by atoms with Gasteiger partial charge in [0.2, 0.25) is 0 Å². The van der Waals surface area contributed by atoms with Crippen molar-refractivity contribution in [2.24, 2.45) is 5.92 Å². The summed E-state index contributed by atoms with van der Waals surface area (Å²) in [6.07, 6.45) is 2.70. The second-order valence-electron chi connectivity index (χ2n) is 2.07. The lowest BCUT2D eigenvalue weighted by atomic mass is 9.99. The van der Waals surface area contributed by atoms with Gasteiger partial charge in [-0.2, -0.15) is 0 Å². The minimum atomic E-state index is -0.0781. The lowest BCUT2D eigenvalue weighted by molar-refractivity contribution is -0.157. The maximum atomic E-state index is 10.6. The van der Waals surface area contributed by atoms with Crippen molar-refractivity contribution >= 4 is 5.97 Å². The lowest BCUT2D eigenvalue weighted by Crippen LogP contribution is -2.31. The first-order valence-electron chi connectivity index (χ1n) is 3.17. The minimum absolute atomic E-state index is 0.0648. The smallest absolute Gasteiger partial charge is 0.321 e. The summed E-state index contributed by atoms with van der Waals surface area (Å²) in [5, 5.41) is 0. The Hall–Kier alpha value is -0.790. The molecule has 1 saturated heterocycles. The predicted octanol–water partition coefficient (Wildman–Crippen LogP) is 1.47. The molecule has 0 aromatic carbocycles. The second-order valence-corrected chi connectivity index (χ2v) is 2.07. The molecular formula is C7H10O2. The highest BCUT2D eigenvalue weighted by Crippen LogP contribution is 2.28. The minimum Gasteiger partial charge on any atom is -0.430 e. The van der Waals surface area contributed by atoms with Crippen LogP contribution in [0.15, 0.2) is 11.8 Å². The predicted molar refractivity (Wildman–Crippen MR) is 33.6 cm³/mol. The van der Waals surface area contributed by atoms with E-state index in [2.05, 4.69) is 0 Å². The molecule has 0 N–H and O–H groups in total. The molecule has 1 fully saturated rings. The molecule has 1 rings (SSSR count). The van der Waals surface area contributed by atoms with Crippen LogP contribution in [-0.4, -0.2) is 5.97 Å². The first-order chi connectivity index (χ1) is 4.29. The molecule has 0 aromatic heterocycles. The number of carbonyl (C=O) groups is 1. The van der Waals surface area contributed by atoms with E-state index in [4.69, 9.17) is 4.74 Å². The van der Waals surface area contributed by atoms with E-state index in [1.54, 1.807) is 0 Å². The van der Waals surface area contributed by atoms with Crippen molar-refractivity contribution in [3.63, 3.8) is 0 Å². The van der Waals surface area contributed by atoms with Crippen LogP contribution in [0.1, 0.15) is 20.3 Å². The number of carbonyl (C=O) groups excluding carboxylic acids is 1. The quantitative estimate of drug-likeness (QED) is 0.497. The van der Waals surface area contributed by atoms with E-state index >= 15 is 0 Å². The Morgan fingerprint density at radius 1 is 1.78 bits per heavy atom. The van der Waals surface area contributed by atoms with Crippen molar-refractivity contribution in [2.45, 2.75) is 20.3 Å². The first-order valence-corrected chi connectivity index (χ1v) is 3.17. The average molecular weight is 126 g/mol. The molecule has 9 heavy (non-hydrogen) atoms. The number of cyclic esters (lactones) is 1. The molecule has 1 aliphatic heterocycles. The Morgan fingerprint density at radius 3 is 2.67 bits per heavy atom. The summed E-state index contributed by atoms with van der Waals surface area (Å²) in [7, 11) is 0. The average Bonchev–Trinajstić information content (AvgIpc) is 1.83. The number of hydrogen-bond donors (Lipinski definition) is 0. The van der Waals surface area contributed by atoms with Crippen LogP contribution in [0.25, 0.3) is 0 Å². The molecule has 1 aliphatic rings. The normalized spacial score (nSPS) is 29.8. The van der Waals surface area contributed by atoms with E-state index in [0.29, 0.717) is 0 Å². The van der Waals surface area contributed by atoms with E-state index in [0.717, 1.165) is 12.2 Å². The summed E-state index contributed by atoms with van der Waals surface area (Å²) >= 11 is 0. The zero-order chi connectivity index (χ0) is 6.85. The van der Waals surface area contributed by atoms with Crippen LogP contribution in [0.3, 0.4) is 0 Å². The molecule has 1 unspecified atom stereocenters. The second kappa shape index (κ2) is 2.21. The Morgan fingerprint density at radius 2 is 2.44 bits per heavy atom. The zero-order valence-electron chi connectivity index (χ0n) is 5.68. The molecule has 0 aliphatic carbocycles. The number of allylic oxidation sites excluding steroid dienone is 1. The number of esters is 1. The number of rotatable bonds is 1. The molecule has 0 spiro atoms. The molecule has 1 heterocycles. The van der Waals surface area contributed by atoms with Gasteiger partial charge in [0.25, 0.3) is 0 Å². The number of hydrogen-bond acceptors (Lipinski definition) is 2. The van der Waals surface area contributed by atoms with Gasteiger partial charge in [-0.1, -0.05) is 6.92 Å². The van der Waals surface area contributed by atoms with Crippen LogP contribution in [-0.2, 0) is 9.53 Å². The summed E-state index contributed by atoms with van der Waals surface area (Å²) in [6, 6.07) is 0. The summed E-state index contributed by atoms with van der Waals surface area (Å²) < 4.78 is 4.71. The van der Waals surface area contributed by atoms with Crippen molar-refractivity contribution in [1.82, 2.24) is 0 Å². The van der Waals surface area contributed by atoms with Crippen LogP contribution in [0.4, 0.5) is 0 Å². The van der Waals surface area contributed by atoms with Crippen LogP contribution < -0.4 is 0 Å². The highest BCUT2D eigenvalue weighted by molar-refractivity contribution is 5.82. The van der Waals surface area contributed by atoms with Crippen molar-refractivity contribution in [2.75, 3.05) is 0 Å².